The number of carbonyl (C=O) groups is 3. The number of hydrogen-bond acceptors (Lipinski definition) is 4. The van der Waals surface area contributed by atoms with E-state index >= 15 is 0 Å². The minimum Gasteiger partial charge on any atom is -0.376 e. The first-order chi connectivity index (χ1) is 15.0. The Hall–Kier alpha value is -2.21. The number of nitrogens with zero attached hydrogens (tertiary/aromatic N) is 2. The van der Waals surface area contributed by atoms with Crippen LogP contribution in [0.15, 0.2) is 24.3 Å². The minimum atomic E-state index is -0.767. The maximum absolute atomic E-state index is 13.7. The molecule has 2 aliphatic heterocycles. The van der Waals surface area contributed by atoms with Gasteiger partial charge in [-0.25, -0.2) is 4.90 Å². The molecule has 0 radical (unpaired) electrons. The van der Waals surface area contributed by atoms with E-state index in [-0.39, 0.29) is 47.0 Å². The zero-order valence-electron chi connectivity index (χ0n) is 20.2. The smallest absolute Gasteiger partial charge is 0.257 e. The highest BCUT2D eigenvalue weighted by atomic mass is 16.5. The number of hydrogen-bond donors (Lipinski definition) is 0. The molecular formula is C26H36N2O4. The van der Waals surface area contributed by atoms with Crippen LogP contribution in [0.4, 0.5) is 5.69 Å². The summed E-state index contributed by atoms with van der Waals surface area (Å²) in [4.78, 5) is 43.1. The van der Waals surface area contributed by atoms with Gasteiger partial charge in [0.05, 0.1) is 18.2 Å². The van der Waals surface area contributed by atoms with E-state index in [0.29, 0.717) is 24.8 Å². The summed E-state index contributed by atoms with van der Waals surface area (Å²) in [5.41, 5.74) is 1.44. The normalized spacial score (nSPS) is 26.8. The summed E-state index contributed by atoms with van der Waals surface area (Å²) in [6.07, 6.45) is 1.78. The summed E-state index contributed by atoms with van der Waals surface area (Å²) in [5.74, 6) is -0.393. The van der Waals surface area contributed by atoms with Gasteiger partial charge in [-0.3, -0.25) is 14.4 Å². The number of ether oxygens (including phenoxy) is 1. The topological polar surface area (TPSA) is 66.9 Å². The van der Waals surface area contributed by atoms with Gasteiger partial charge in [0.15, 0.2) is 0 Å². The molecule has 3 aliphatic rings. The summed E-state index contributed by atoms with van der Waals surface area (Å²) in [6, 6.07) is 6.80. The van der Waals surface area contributed by atoms with Crippen molar-refractivity contribution in [1.82, 2.24) is 4.90 Å². The van der Waals surface area contributed by atoms with E-state index in [4.69, 9.17) is 4.74 Å². The third kappa shape index (κ3) is 3.66. The lowest BCUT2D eigenvalue weighted by Crippen LogP contribution is -2.49. The molecule has 0 spiro atoms. The van der Waals surface area contributed by atoms with E-state index in [1.54, 1.807) is 4.90 Å². The maximum atomic E-state index is 13.7. The molecule has 2 saturated heterocycles. The van der Waals surface area contributed by atoms with Gasteiger partial charge in [-0.2, -0.15) is 0 Å². The molecule has 2 heterocycles. The molecule has 2 unspecified atom stereocenters. The lowest BCUT2D eigenvalue weighted by molar-refractivity contribution is -0.142. The molecule has 1 aliphatic carbocycles. The number of anilines is 1. The van der Waals surface area contributed by atoms with Gasteiger partial charge in [-0.05, 0) is 47.3 Å². The third-order valence-corrected chi connectivity index (χ3v) is 8.29. The molecule has 3 amide bonds. The standard InChI is InChI=1S/C26H36N2O4/c1-16(2)17-9-11-18(12-10-17)28-21(29)14-20(23(28)30)27(15-19-8-7-13-32-19)24(31)22-25(3,4)26(22,5)6/h9-12,16,19-20,22H,7-8,13-15H2,1-6H3. The molecule has 6 nitrogen and oxygen atoms in total. The molecule has 1 aromatic rings. The van der Waals surface area contributed by atoms with Crippen molar-refractivity contribution >= 4 is 23.4 Å². The van der Waals surface area contributed by atoms with E-state index in [9.17, 15) is 14.4 Å². The van der Waals surface area contributed by atoms with Crippen molar-refractivity contribution in [2.75, 3.05) is 18.1 Å². The summed E-state index contributed by atoms with van der Waals surface area (Å²) in [6.45, 7) is 13.7. The van der Waals surface area contributed by atoms with Crippen LogP contribution in [0, 0.1) is 16.7 Å². The Bertz CT molecular complexity index is 898. The van der Waals surface area contributed by atoms with E-state index in [2.05, 4.69) is 41.5 Å². The van der Waals surface area contributed by atoms with Gasteiger partial charge in [0.25, 0.3) is 5.91 Å². The fourth-order valence-corrected chi connectivity index (χ4v) is 5.50. The van der Waals surface area contributed by atoms with Gasteiger partial charge in [-0.15, -0.1) is 0 Å². The van der Waals surface area contributed by atoms with E-state index in [0.717, 1.165) is 18.4 Å². The number of rotatable bonds is 6. The van der Waals surface area contributed by atoms with Crippen LogP contribution in [0.3, 0.4) is 0 Å². The van der Waals surface area contributed by atoms with Gasteiger partial charge in [0, 0.05) is 19.1 Å². The highest BCUT2D eigenvalue weighted by Gasteiger charge is 2.69. The van der Waals surface area contributed by atoms with Crippen molar-refractivity contribution in [3.8, 4) is 0 Å². The second-order valence-electron chi connectivity index (χ2n) is 11.0. The molecule has 1 aromatic carbocycles. The molecule has 0 N–H and O–H groups in total. The Labute approximate surface area is 191 Å². The van der Waals surface area contributed by atoms with Crippen LogP contribution >= 0.6 is 0 Å². The molecular weight excluding hydrogens is 404 g/mol. The van der Waals surface area contributed by atoms with Gasteiger partial charge in [0.1, 0.15) is 6.04 Å². The molecule has 0 aromatic heterocycles. The van der Waals surface area contributed by atoms with E-state index in [1.165, 1.54) is 4.90 Å². The fraction of sp³-hybridized carbons (Fsp3) is 0.654. The first-order valence-corrected chi connectivity index (χ1v) is 11.9. The molecule has 6 heteroatoms. The van der Waals surface area contributed by atoms with Crippen molar-refractivity contribution in [2.24, 2.45) is 16.7 Å². The Morgan fingerprint density at radius 2 is 1.75 bits per heavy atom. The second kappa shape index (κ2) is 7.98. The largest absolute Gasteiger partial charge is 0.376 e. The van der Waals surface area contributed by atoms with Crippen molar-refractivity contribution < 1.29 is 19.1 Å². The Morgan fingerprint density at radius 3 is 2.25 bits per heavy atom. The van der Waals surface area contributed by atoms with Crippen molar-refractivity contribution in [3.05, 3.63) is 29.8 Å². The van der Waals surface area contributed by atoms with Crippen molar-refractivity contribution in [1.29, 1.82) is 0 Å². The van der Waals surface area contributed by atoms with Crippen LogP contribution in [0.5, 0.6) is 0 Å². The zero-order chi connectivity index (χ0) is 23.4. The van der Waals surface area contributed by atoms with Crippen molar-refractivity contribution in [3.63, 3.8) is 0 Å². The summed E-state index contributed by atoms with van der Waals surface area (Å²) in [5, 5.41) is 0. The van der Waals surface area contributed by atoms with Gasteiger partial charge >= 0.3 is 0 Å². The SMILES string of the molecule is CC(C)c1ccc(N2C(=O)CC(N(CC3CCCO3)C(=O)C3C(C)(C)C3(C)C)C2=O)cc1. The van der Waals surface area contributed by atoms with Crippen LogP contribution < -0.4 is 4.90 Å². The van der Waals surface area contributed by atoms with Crippen LogP contribution in [0.1, 0.15) is 72.3 Å². The first-order valence-electron chi connectivity index (χ1n) is 11.9. The highest BCUT2D eigenvalue weighted by molar-refractivity contribution is 6.23. The third-order valence-electron chi connectivity index (χ3n) is 8.29. The zero-order valence-corrected chi connectivity index (χ0v) is 20.2. The maximum Gasteiger partial charge on any atom is 0.257 e. The molecule has 4 rings (SSSR count). The molecule has 1 saturated carbocycles. The second-order valence-corrected chi connectivity index (χ2v) is 11.0. The average molecular weight is 441 g/mol. The van der Waals surface area contributed by atoms with Gasteiger partial charge in [0.2, 0.25) is 11.8 Å². The quantitative estimate of drug-likeness (QED) is 0.624. The molecule has 0 bridgehead atoms. The van der Waals surface area contributed by atoms with Crippen LogP contribution in [0.25, 0.3) is 0 Å². The summed E-state index contributed by atoms with van der Waals surface area (Å²) < 4.78 is 5.80. The monoisotopic (exact) mass is 440 g/mol. The molecule has 3 fully saturated rings. The lowest BCUT2D eigenvalue weighted by atomic mass is 10.0. The first kappa shape index (κ1) is 23.0. The highest BCUT2D eigenvalue weighted by Crippen LogP contribution is 2.69. The van der Waals surface area contributed by atoms with Gasteiger partial charge in [-0.1, -0.05) is 53.7 Å². The molecule has 174 valence electrons. The Kier molecular flexibility index (Phi) is 5.73. The number of amides is 3. The lowest BCUT2D eigenvalue weighted by Gasteiger charge is -2.30. The summed E-state index contributed by atoms with van der Waals surface area (Å²) >= 11 is 0. The Morgan fingerprint density at radius 1 is 1.12 bits per heavy atom. The van der Waals surface area contributed by atoms with Crippen LogP contribution in [0.2, 0.25) is 0 Å². The Balaban J connectivity index is 1.60. The fourth-order valence-electron chi connectivity index (χ4n) is 5.50. The van der Waals surface area contributed by atoms with Gasteiger partial charge < -0.3 is 9.64 Å². The van der Waals surface area contributed by atoms with Crippen molar-refractivity contribution in [2.45, 2.75) is 78.9 Å². The van der Waals surface area contributed by atoms with E-state index < -0.39 is 6.04 Å². The minimum absolute atomic E-state index is 0.0246. The average Bonchev–Trinajstić information content (AvgIpc) is 3.14. The van der Waals surface area contributed by atoms with E-state index in [1.807, 2.05) is 24.3 Å². The number of carbonyl (C=O) groups excluding carboxylic acids is 3. The number of benzene rings is 1. The predicted octanol–water partition coefficient (Wildman–Crippen LogP) is 4.13. The summed E-state index contributed by atoms with van der Waals surface area (Å²) in [7, 11) is 0. The predicted molar refractivity (Wildman–Crippen MR) is 123 cm³/mol. The molecule has 32 heavy (non-hydrogen) atoms. The molecule has 2 atom stereocenters. The number of imide groups is 1. The van der Waals surface area contributed by atoms with Crippen LogP contribution in [-0.4, -0.2) is 47.9 Å². The van der Waals surface area contributed by atoms with Crippen LogP contribution in [-0.2, 0) is 19.1 Å².